The Morgan fingerprint density at radius 3 is 2.55 bits per heavy atom. The maximum atomic E-state index is 12.0. The van der Waals surface area contributed by atoms with Gasteiger partial charge in [-0.05, 0) is 58.0 Å². The summed E-state index contributed by atoms with van der Waals surface area (Å²) in [4.78, 5) is 17.8. The van der Waals surface area contributed by atoms with Gasteiger partial charge in [-0.25, -0.2) is 4.79 Å². The zero-order valence-electron chi connectivity index (χ0n) is 14.0. The summed E-state index contributed by atoms with van der Waals surface area (Å²) < 4.78 is 5.42. The van der Waals surface area contributed by atoms with Gasteiger partial charge in [0.15, 0.2) is 0 Å². The first-order valence-electron chi connectivity index (χ1n) is 8.17. The van der Waals surface area contributed by atoms with Crippen LogP contribution in [0.5, 0.6) is 0 Å². The maximum Gasteiger partial charge on any atom is 0.410 e. The Labute approximate surface area is 138 Å². The molecule has 1 amide bonds. The quantitative estimate of drug-likeness (QED) is 0.776. The molecule has 0 atom stereocenters. The summed E-state index contributed by atoms with van der Waals surface area (Å²) in [5, 5.41) is 2.14. The number of nitrogens with zero attached hydrogens (tertiary/aromatic N) is 2. The van der Waals surface area contributed by atoms with E-state index in [1.54, 1.807) is 0 Å². The lowest BCUT2D eigenvalue weighted by Crippen LogP contribution is -2.50. The lowest BCUT2D eigenvalue weighted by molar-refractivity contribution is 0.0144. The summed E-state index contributed by atoms with van der Waals surface area (Å²) in [6, 6.07) is 4.33. The van der Waals surface area contributed by atoms with Gasteiger partial charge in [-0.3, -0.25) is 4.90 Å². The van der Waals surface area contributed by atoms with E-state index in [4.69, 9.17) is 4.74 Å². The molecule has 2 rings (SSSR count). The van der Waals surface area contributed by atoms with Gasteiger partial charge in [0.1, 0.15) is 5.60 Å². The number of carbonyl (C=O) groups is 1. The fourth-order valence-electron chi connectivity index (χ4n) is 2.57. The van der Waals surface area contributed by atoms with Gasteiger partial charge in [0.25, 0.3) is 0 Å². The average molecular weight is 324 g/mol. The van der Waals surface area contributed by atoms with E-state index in [9.17, 15) is 4.79 Å². The molecule has 0 spiro atoms. The predicted molar refractivity (Wildman–Crippen MR) is 91.5 cm³/mol. The fourth-order valence-corrected chi connectivity index (χ4v) is 3.32. The minimum atomic E-state index is -0.407. The lowest BCUT2D eigenvalue weighted by atomic mass is 10.2. The van der Waals surface area contributed by atoms with E-state index in [1.807, 2.05) is 37.0 Å². The van der Waals surface area contributed by atoms with Gasteiger partial charge in [-0.1, -0.05) is 6.07 Å². The first-order valence-corrected chi connectivity index (χ1v) is 9.05. The summed E-state index contributed by atoms with van der Waals surface area (Å²) in [7, 11) is 0. The maximum absolute atomic E-state index is 12.0. The van der Waals surface area contributed by atoms with Crippen molar-refractivity contribution in [2.45, 2.75) is 45.6 Å². The number of thiophene rings is 1. The van der Waals surface area contributed by atoms with E-state index in [1.165, 1.54) is 24.1 Å². The molecule has 4 nitrogen and oxygen atoms in total. The highest BCUT2D eigenvalue weighted by Gasteiger charge is 2.25. The summed E-state index contributed by atoms with van der Waals surface area (Å²) >= 11 is 1.85. The van der Waals surface area contributed by atoms with Crippen molar-refractivity contribution in [3.63, 3.8) is 0 Å². The highest BCUT2D eigenvalue weighted by Crippen LogP contribution is 2.14. The number of unbranched alkanes of at least 4 members (excludes halogenated alkanes) is 1. The third-order valence-corrected chi connectivity index (χ3v) is 4.69. The van der Waals surface area contributed by atoms with E-state index in [0.717, 1.165) is 32.7 Å². The first kappa shape index (κ1) is 17.3. The van der Waals surface area contributed by atoms with Crippen LogP contribution in [0, 0.1) is 0 Å². The van der Waals surface area contributed by atoms with Crippen molar-refractivity contribution in [3.05, 3.63) is 22.4 Å². The molecule has 1 fully saturated rings. The highest BCUT2D eigenvalue weighted by atomic mass is 32.1. The van der Waals surface area contributed by atoms with Crippen LogP contribution in [0.4, 0.5) is 4.79 Å². The van der Waals surface area contributed by atoms with Crippen LogP contribution in [-0.4, -0.2) is 54.2 Å². The molecule has 2 heterocycles. The van der Waals surface area contributed by atoms with Crippen molar-refractivity contribution in [2.24, 2.45) is 0 Å². The Kier molecular flexibility index (Phi) is 6.26. The average Bonchev–Trinajstić information content (AvgIpc) is 2.95. The number of amides is 1. The van der Waals surface area contributed by atoms with Gasteiger partial charge in [-0.2, -0.15) is 0 Å². The topological polar surface area (TPSA) is 32.8 Å². The second kappa shape index (κ2) is 7.97. The van der Waals surface area contributed by atoms with Crippen molar-refractivity contribution < 1.29 is 9.53 Å². The Balaban J connectivity index is 1.59. The van der Waals surface area contributed by atoms with Crippen molar-refractivity contribution in [3.8, 4) is 0 Å². The number of aryl methyl sites for hydroxylation is 1. The van der Waals surface area contributed by atoms with Gasteiger partial charge >= 0.3 is 6.09 Å². The van der Waals surface area contributed by atoms with Gasteiger partial charge in [0.05, 0.1) is 0 Å². The fraction of sp³-hybridized carbons (Fsp3) is 0.706. The molecule has 0 aliphatic carbocycles. The van der Waals surface area contributed by atoms with Crippen LogP contribution in [-0.2, 0) is 11.2 Å². The second-order valence-electron chi connectivity index (χ2n) is 6.85. The second-order valence-corrected chi connectivity index (χ2v) is 7.88. The van der Waals surface area contributed by atoms with Crippen molar-refractivity contribution in [1.29, 1.82) is 0 Å². The van der Waals surface area contributed by atoms with Crippen LogP contribution in [0.2, 0.25) is 0 Å². The smallest absolute Gasteiger partial charge is 0.410 e. The number of piperazine rings is 1. The molecule has 0 aromatic carbocycles. The highest BCUT2D eigenvalue weighted by molar-refractivity contribution is 7.09. The monoisotopic (exact) mass is 324 g/mol. The van der Waals surface area contributed by atoms with Crippen molar-refractivity contribution in [2.75, 3.05) is 32.7 Å². The molecule has 22 heavy (non-hydrogen) atoms. The molecule has 0 saturated carbocycles. The SMILES string of the molecule is CC(C)(C)OC(=O)N1CCN(CCCCc2cccs2)CC1. The lowest BCUT2D eigenvalue weighted by Gasteiger charge is -2.35. The van der Waals surface area contributed by atoms with Crippen LogP contribution in [0.1, 0.15) is 38.5 Å². The third-order valence-electron chi connectivity index (χ3n) is 3.75. The molecule has 1 saturated heterocycles. The number of carbonyl (C=O) groups excluding carboxylic acids is 1. The molecule has 0 N–H and O–H groups in total. The number of rotatable bonds is 5. The summed E-state index contributed by atoms with van der Waals surface area (Å²) in [5.41, 5.74) is -0.407. The van der Waals surface area contributed by atoms with Crippen molar-refractivity contribution >= 4 is 17.4 Å². The van der Waals surface area contributed by atoms with Crippen LogP contribution in [0.25, 0.3) is 0 Å². The number of hydrogen-bond acceptors (Lipinski definition) is 4. The Morgan fingerprint density at radius 2 is 1.95 bits per heavy atom. The zero-order chi connectivity index (χ0) is 16.0. The van der Waals surface area contributed by atoms with E-state index >= 15 is 0 Å². The number of hydrogen-bond donors (Lipinski definition) is 0. The molecule has 0 radical (unpaired) electrons. The molecular formula is C17H28N2O2S. The zero-order valence-corrected chi connectivity index (χ0v) is 14.8. The van der Waals surface area contributed by atoms with Gasteiger partial charge in [0, 0.05) is 31.1 Å². The van der Waals surface area contributed by atoms with E-state index in [-0.39, 0.29) is 6.09 Å². The van der Waals surface area contributed by atoms with Crippen LogP contribution >= 0.6 is 11.3 Å². The summed E-state index contributed by atoms with van der Waals surface area (Å²) in [5.74, 6) is 0. The van der Waals surface area contributed by atoms with Gasteiger partial charge < -0.3 is 9.64 Å². The minimum absolute atomic E-state index is 0.176. The van der Waals surface area contributed by atoms with E-state index in [0.29, 0.717) is 0 Å². The van der Waals surface area contributed by atoms with Crippen LogP contribution < -0.4 is 0 Å². The standard InChI is InChI=1S/C17H28N2O2S/c1-17(2,3)21-16(20)19-12-10-18(11-13-19)9-5-4-7-15-8-6-14-22-15/h6,8,14H,4-5,7,9-13H2,1-3H3. The molecule has 0 unspecified atom stereocenters. The Hall–Kier alpha value is -1.07. The van der Waals surface area contributed by atoms with Crippen molar-refractivity contribution in [1.82, 2.24) is 9.80 Å². The van der Waals surface area contributed by atoms with E-state index < -0.39 is 5.60 Å². The third kappa shape index (κ3) is 5.97. The molecule has 1 aromatic rings. The summed E-state index contributed by atoms with van der Waals surface area (Å²) in [6.07, 6.45) is 3.48. The molecule has 1 aliphatic heterocycles. The minimum Gasteiger partial charge on any atom is -0.444 e. The predicted octanol–water partition coefficient (Wildman–Crippen LogP) is 3.62. The summed E-state index contributed by atoms with van der Waals surface area (Å²) in [6.45, 7) is 10.3. The first-order chi connectivity index (χ1) is 10.4. The van der Waals surface area contributed by atoms with Gasteiger partial charge in [0.2, 0.25) is 0 Å². The molecule has 0 bridgehead atoms. The Morgan fingerprint density at radius 1 is 1.23 bits per heavy atom. The molecule has 5 heteroatoms. The van der Waals surface area contributed by atoms with Crippen LogP contribution in [0.15, 0.2) is 17.5 Å². The molecular weight excluding hydrogens is 296 g/mol. The largest absolute Gasteiger partial charge is 0.444 e. The molecule has 124 valence electrons. The normalized spacial score (nSPS) is 16.8. The van der Waals surface area contributed by atoms with Gasteiger partial charge in [-0.15, -0.1) is 11.3 Å². The molecule has 1 aliphatic rings. The molecule has 1 aromatic heterocycles. The Bertz CT molecular complexity index is 446. The number of ether oxygens (including phenoxy) is 1. The van der Waals surface area contributed by atoms with E-state index in [2.05, 4.69) is 22.4 Å². The van der Waals surface area contributed by atoms with Crippen LogP contribution in [0.3, 0.4) is 0 Å².